The number of aliphatic hydroxyl groups is 1. The standard InChI is InChI=1S/C25H34N4O8S/c1-16(2)13-29(38(33,34)19-9-10-22-23(12-19)36-15-35-22)14-21(30)20(27-25(31)32)11-17-5-7-18(8-6-17)37-24(26)28(3)4/h5-10,12,16,20-21,26-27,30H,11,13-15H2,1-4H3,(H,31,32)/t20-,21-/m0/s1. The van der Waals surface area contributed by atoms with Gasteiger partial charge in [0.05, 0.1) is 17.0 Å². The van der Waals surface area contributed by atoms with E-state index in [0.29, 0.717) is 22.8 Å². The molecule has 1 aliphatic heterocycles. The van der Waals surface area contributed by atoms with Crippen LogP contribution in [0.3, 0.4) is 0 Å². The van der Waals surface area contributed by atoms with Crippen molar-refractivity contribution in [2.24, 2.45) is 5.92 Å². The molecule has 12 nitrogen and oxygen atoms in total. The first-order chi connectivity index (χ1) is 17.9. The molecular weight excluding hydrogens is 516 g/mol. The Hall–Kier alpha value is -3.55. The Morgan fingerprint density at radius 2 is 1.76 bits per heavy atom. The van der Waals surface area contributed by atoms with Gasteiger partial charge in [-0.3, -0.25) is 5.41 Å². The van der Waals surface area contributed by atoms with Crippen molar-refractivity contribution in [3.63, 3.8) is 0 Å². The Morgan fingerprint density at radius 1 is 1.11 bits per heavy atom. The Kier molecular flexibility index (Phi) is 9.41. The van der Waals surface area contributed by atoms with E-state index in [2.05, 4.69) is 5.32 Å². The van der Waals surface area contributed by atoms with Crippen molar-refractivity contribution in [1.29, 1.82) is 5.41 Å². The van der Waals surface area contributed by atoms with Crippen molar-refractivity contribution in [1.82, 2.24) is 14.5 Å². The Labute approximate surface area is 222 Å². The van der Waals surface area contributed by atoms with Gasteiger partial charge in [-0.2, -0.15) is 4.31 Å². The molecule has 3 rings (SSSR count). The maximum Gasteiger partial charge on any atom is 0.404 e. The smallest absolute Gasteiger partial charge is 0.404 e. The van der Waals surface area contributed by atoms with Crippen molar-refractivity contribution in [3.8, 4) is 17.2 Å². The van der Waals surface area contributed by atoms with E-state index < -0.39 is 28.3 Å². The molecule has 1 heterocycles. The second-order valence-corrected chi connectivity index (χ2v) is 11.4. The van der Waals surface area contributed by atoms with E-state index in [1.807, 2.05) is 13.8 Å². The predicted octanol–water partition coefficient (Wildman–Crippen LogP) is 2.18. The molecule has 38 heavy (non-hydrogen) atoms. The molecule has 0 radical (unpaired) electrons. The fourth-order valence-corrected chi connectivity index (χ4v) is 5.43. The number of ether oxygens (including phenoxy) is 3. The van der Waals surface area contributed by atoms with Crippen LogP contribution < -0.4 is 19.5 Å². The lowest BCUT2D eigenvalue weighted by atomic mass is 10.0. The van der Waals surface area contributed by atoms with E-state index >= 15 is 0 Å². The molecular formula is C25H34N4O8S. The molecule has 0 spiro atoms. The zero-order valence-corrected chi connectivity index (χ0v) is 22.6. The van der Waals surface area contributed by atoms with Gasteiger partial charge in [-0.15, -0.1) is 0 Å². The summed E-state index contributed by atoms with van der Waals surface area (Å²) < 4.78 is 44.2. The third kappa shape index (κ3) is 7.49. The molecule has 0 unspecified atom stereocenters. The largest absolute Gasteiger partial charge is 0.465 e. The van der Waals surface area contributed by atoms with Crippen LogP contribution in [0, 0.1) is 11.3 Å². The summed E-state index contributed by atoms with van der Waals surface area (Å²) in [5.74, 6) is 1.12. The zero-order chi connectivity index (χ0) is 28.0. The highest BCUT2D eigenvalue weighted by atomic mass is 32.2. The van der Waals surface area contributed by atoms with Crippen LogP contribution in [0.25, 0.3) is 0 Å². The quantitative estimate of drug-likeness (QED) is 0.243. The van der Waals surface area contributed by atoms with Crippen molar-refractivity contribution < 1.29 is 37.6 Å². The third-order valence-corrected chi connectivity index (χ3v) is 7.54. The number of fused-ring (bicyclic) bond motifs is 1. The number of rotatable bonds is 11. The molecule has 0 bridgehead atoms. The first kappa shape index (κ1) is 29.0. The van der Waals surface area contributed by atoms with Crippen LogP contribution >= 0.6 is 0 Å². The molecule has 208 valence electrons. The van der Waals surface area contributed by atoms with Crippen molar-refractivity contribution in [3.05, 3.63) is 48.0 Å². The average Bonchev–Trinajstić information content (AvgIpc) is 3.31. The maximum absolute atomic E-state index is 13.5. The van der Waals surface area contributed by atoms with Crippen LogP contribution in [0.2, 0.25) is 0 Å². The molecule has 0 fully saturated rings. The van der Waals surface area contributed by atoms with Crippen LogP contribution in [0.15, 0.2) is 47.4 Å². The Bertz CT molecular complexity index is 1230. The van der Waals surface area contributed by atoms with Crippen LogP contribution in [-0.4, -0.2) is 86.1 Å². The van der Waals surface area contributed by atoms with Gasteiger partial charge < -0.3 is 34.6 Å². The van der Waals surface area contributed by atoms with Gasteiger partial charge in [0.2, 0.25) is 16.8 Å². The monoisotopic (exact) mass is 550 g/mol. The van der Waals surface area contributed by atoms with Gasteiger partial charge in [-0.05, 0) is 42.2 Å². The van der Waals surface area contributed by atoms with Gasteiger partial charge in [0.1, 0.15) is 5.75 Å². The molecule has 1 aliphatic rings. The molecule has 2 aromatic rings. The number of amidine groups is 1. The normalized spacial score (nSPS) is 14.3. The zero-order valence-electron chi connectivity index (χ0n) is 21.7. The summed E-state index contributed by atoms with van der Waals surface area (Å²) in [4.78, 5) is 13.0. The summed E-state index contributed by atoms with van der Waals surface area (Å²) in [5.41, 5.74) is 0.681. The molecule has 0 aromatic heterocycles. The summed E-state index contributed by atoms with van der Waals surface area (Å²) in [6.45, 7) is 3.47. The minimum atomic E-state index is -4.05. The van der Waals surface area contributed by atoms with Gasteiger partial charge in [0.15, 0.2) is 11.5 Å². The minimum absolute atomic E-state index is 0.00107. The fourth-order valence-electron chi connectivity index (χ4n) is 3.79. The molecule has 0 aliphatic carbocycles. The maximum atomic E-state index is 13.5. The van der Waals surface area contributed by atoms with Gasteiger partial charge >= 0.3 is 6.09 Å². The molecule has 0 saturated carbocycles. The van der Waals surface area contributed by atoms with Gasteiger partial charge in [0.25, 0.3) is 6.02 Å². The number of amides is 1. The topological polar surface area (TPSA) is 162 Å². The van der Waals surface area contributed by atoms with Gasteiger partial charge in [0, 0.05) is 33.3 Å². The Morgan fingerprint density at radius 3 is 2.37 bits per heavy atom. The highest BCUT2D eigenvalue weighted by molar-refractivity contribution is 7.89. The Balaban J connectivity index is 1.79. The molecule has 2 atom stereocenters. The highest BCUT2D eigenvalue weighted by Crippen LogP contribution is 2.35. The fraction of sp³-hybridized carbons (Fsp3) is 0.440. The number of hydrogen-bond acceptors (Lipinski definition) is 8. The van der Waals surface area contributed by atoms with E-state index in [1.54, 1.807) is 38.4 Å². The number of hydrogen-bond donors (Lipinski definition) is 4. The lowest BCUT2D eigenvalue weighted by Crippen LogP contribution is -2.50. The second-order valence-electron chi connectivity index (χ2n) is 9.50. The molecule has 4 N–H and O–H groups in total. The number of nitrogens with one attached hydrogen (secondary N) is 2. The lowest BCUT2D eigenvalue weighted by molar-refractivity contribution is 0.0980. The highest BCUT2D eigenvalue weighted by Gasteiger charge is 2.32. The number of benzene rings is 2. The number of carbonyl (C=O) groups is 1. The van der Waals surface area contributed by atoms with E-state index in [4.69, 9.17) is 19.6 Å². The average molecular weight is 551 g/mol. The van der Waals surface area contributed by atoms with E-state index in [-0.39, 0.29) is 43.1 Å². The summed E-state index contributed by atoms with van der Waals surface area (Å²) in [7, 11) is -0.698. The van der Waals surface area contributed by atoms with E-state index in [1.165, 1.54) is 23.1 Å². The number of nitrogens with zero attached hydrogens (tertiary/aromatic N) is 2. The van der Waals surface area contributed by atoms with Crippen LogP contribution in [-0.2, 0) is 16.4 Å². The molecule has 0 saturated heterocycles. The summed E-state index contributed by atoms with van der Waals surface area (Å²) >= 11 is 0. The van der Waals surface area contributed by atoms with Crippen molar-refractivity contribution in [2.75, 3.05) is 34.0 Å². The summed E-state index contributed by atoms with van der Waals surface area (Å²) in [5, 5.41) is 30.5. The number of aliphatic hydroxyl groups excluding tert-OH is 1. The minimum Gasteiger partial charge on any atom is -0.465 e. The second kappa shape index (κ2) is 12.3. The summed E-state index contributed by atoms with van der Waals surface area (Å²) in [6.07, 6.45) is -2.60. The molecule has 13 heteroatoms. The predicted molar refractivity (Wildman–Crippen MR) is 139 cm³/mol. The third-order valence-electron chi connectivity index (χ3n) is 5.71. The van der Waals surface area contributed by atoms with Gasteiger partial charge in [-0.1, -0.05) is 26.0 Å². The van der Waals surface area contributed by atoms with Crippen molar-refractivity contribution in [2.45, 2.75) is 37.3 Å². The SMILES string of the molecule is CC(C)CN(C[C@H](O)[C@H](Cc1ccc(OC(=N)N(C)C)cc1)NC(=O)O)S(=O)(=O)c1ccc2c(c1)OCO2. The lowest BCUT2D eigenvalue weighted by Gasteiger charge is -2.30. The molecule has 2 aromatic carbocycles. The molecule has 1 amide bonds. The van der Waals surface area contributed by atoms with Crippen molar-refractivity contribution >= 4 is 22.1 Å². The van der Waals surface area contributed by atoms with Crippen LogP contribution in [0.4, 0.5) is 4.79 Å². The van der Waals surface area contributed by atoms with Crippen LogP contribution in [0.1, 0.15) is 19.4 Å². The number of sulfonamides is 1. The van der Waals surface area contributed by atoms with Gasteiger partial charge in [-0.25, -0.2) is 13.2 Å². The number of carboxylic acid groups (broad SMARTS) is 1. The van der Waals surface area contributed by atoms with E-state index in [9.17, 15) is 23.4 Å². The van der Waals surface area contributed by atoms with E-state index in [0.717, 1.165) is 4.31 Å². The first-order valence-electron chi connectivity index (χ1n) is 12.0. The first-order valence-corrected chi connectivity index (χ1v) is 13.4. The van der Waals surface area contributed by atoms with Crippen LogP contribution in [0.5, 0.6) is 17.2 Å². The summed E-state index contributed by atoms with van der Waals surface area (Å²) in [6, 6.07) is 9.90.